The minimum absolute atomic E-state index is 0.187. The molecule has 1 N–H and O–H groups in total. The van der Waals surface area contributed by atoms with Gasteiger partial charge in [-0.1, -0.05) is 53.5 Å². The third-order valence-electron chi connectivity index (χ3n) is 5.12. The fraction of sp³-hybridized carbons (Fsp3) is 0.0800. The first-order valence-corrected chi connectivity index (χ1v) is 11.6. The maximum absolute atomic E-state index is 13.1. The molecular weight excluding hydrogens is 543 g/mol. The lowest BCUT2D eigenvalue weighted by Crippen LogP contribution is -2.54. The molecule has 1 heterocycles. The number of rotatable bonds is 5. The first-order chi connectivity index (χ1) is 16.2. The number of ether oxygens (including phenoxy) is 1. The fourth-order valence-electron chi connectivity index (χ4n) is 3.27. The maximum atomic E-state index is 13.1. The number of imide groups is 2. The van der Waals surface area contributed by atoms with Crippen molar-refractivity contribution in [1.82, 2.24) is 5.32 Å². The summed E-state index contributed by atoms with van der Waals surface area (Å²) < 4.78 is 6.46. The topological polar surface area (TPSA) is 75.7 Å². The molecule has 1 aliphatic heterocycles. The predicted molar refractivity (Wildman–Crippen MR) is 135 cm³/mol. The van der Waals surface area contributed by atoms with Crippen LogP contribution in [0.4, 0.5) is 10.5 Å². The van der Waals surface area contributed by atoms with Gasteiger partial charge in [0.25, 0.3) is 11.8 Å². The van der Waals surface area contributed by atoms with Gasteiger partial charge in [-0.05, 0) is 70.4 Å². The van der Waals surface area contributed by atoms with Gasteiger partial charge in [0, 0.05) is 15.6 Å². The van der Waals surface area contributed by atoms with E-state index in [-0.39, 0.29) is 17.9 Å². The zero-order valence-corrected chi connectivity index (χ0v) is 20.9. The van der Waals surface area contributed by atoms with E-state index in [0.29, 0.717) is 25.8 Å². The van der Waals surface area contributed by atoms with Crippen LogP contribution in [-0.2, 0) is 16.2 Å². The average molecular weight is 560 g/mol. The van der Waals surface area contributed by atoms with Gasteiger partial charge in [0.2, 0.25) is 0 Å². The SMILES string of the molecule is Cc1ccc(N2C(=O)NC(=O)/C(=C/c3ccc(OCc4ccccc4Cl)c(Br)c3)C2=O)cc1Cl. The van der Waals surface area contributed by atoms with E-state index in [0.717, 1.165) is 16.0 Å². The van der Waals surface area contributed by atoms with E-state index >= 15 is 0 Å². The van der Waals surface area contributed by atoms with Gasteiger partial charge in [0.1, 0.15) is 17.9 Å². The van der Waals surface area contributed by atoms with E-state index < -0.39 is 17.8 Å². The van der Waals surface area contributed by atoms with Gasteiger partial charge in [-0.2, -0.15) is 0 Å². The molecule has 4 rings (SSSR count). The number of nitrogens with zero attached hydrogens (tertiary/aromatic N) is 1. The van der Waals surface area contributed by atoms with Crippen molar-refractivity contribution in [3.05, 3.63) is 97.4 Å². The normalized spacial score (nSPS) is 15.0. The van der Waals surface area contributed by atoms with E-state index in [4.69, 9.17) is 27.9 Å². The van der Waals surface area contributed by atoms with Gasteiger partial charge in [-0.15, -0.1) is 0 Å². The first kappa shape index (κ1) is 24.0. The molecule has 0 aliphatic carbocycles. The summed E-state index contributed by atoms with van der Waals surface area (Å²) in [5.41, 5.74) is 2.28. The van der Waals surface area contributed by atoms with Crippen LogP contribution in [0, 0.1) is 6.92 Å². The molecule has 9 heteroatoms. The number of halogens is 3. The van der Waals surface area contributed by atoms with Crippen LogP contribution >= 0.6 is 39.1 Å². The van der Waals surface area contributed by atoms with Crippen molar-refractivity contribution in [1.29, 1.82) is 0 Å². The van der Waals surface area contributed by atoms with Crippen molar-refractivity contribution >= 4 is 68.7 Å². The summed E-state index contributed by atoms with van der Waals surface area (Å²) in [7, 11) is 0. The van der Waals surface area contributed by atoms with Crippen LogP contribution in [0.3, 0.4) is 0 Å². The van der Waals surface area contributed by atoms with Gasteiger partial charge in [0.15, 0.2) is 0 Å². The van der Waals surface area contributed by atoms with Crippen molar-refractivity contribution in [3.8, 4) is 5.75 Å². The number of hydrogen-bond donors (Lipinski definition) is 1. The van der Waals surface area contributed by atoms with Gasteiger partial charge in [-0.25, -0.2) is 9.69 Å². The highest BCUT2D eigenvalue weighted by Crippen LogP contribution is 2.30. The van der Waals surface area contributed by atoms with E-state index in [1.54, 1.807) is 43.3 Å². The number of nitrogens with one attached hydrogen (secondary N) is 1. The summed E-state index contributed by atoms with van der Waals surface area (Å²) in [6.07, 6.45) is 1.41. The third-order valence-corrected chi connectivity index (χ3v) is 6.52. The third kappa shape index (κ3) is 5.01. The van der Waals surface area contributed by atoms with E-state index in [9.17, 15) is 14.4 Å². The lowest BCUT2D eigenvalue weighted by Gasteiger charge is -2.26. The molecule has 0 atom stereocenters. The first-order valence-electron chi connectivity index (χ1n) is 10.1. The second kappa shape index (κ2) is 10.0. The number of carbonyl (C=O) groups excluding carboxylic acids is 3. The van der Waals surface area contributed by atoms with Gasteiger partial charge < -0.3 is 4.74 Å². The van der Waals surface area contributed by atoms with Gasteiger partial charge in [0.05, 0.1) is 10.2 Å². The monoisotopic (exact) mass is 558 g/mol. The highest BCUT2D eigenvalue weighted by molar-refractivity contribution is 9.10. The molecule has 3 aromatic carbocycles. The minimum atomic E-state index is -0.837. The number of benzene rings is 3. The summed E-state index contributed by atoms with van der Waals surface area (Å²) in [6.45, 7) is 2.08. The number of amides is 4. The Morgan fingerprint density at radius 3 is 2.47 bits per heavy atom. The molecule has 3 aromatic rings. The van der Waals surface area contributed by atoms with Crippen LogP contribution in [0.25, 0.3) is 6.08 Å². The highest BCUT2D eigenvalue weighted by atomic mass is 79.9. The largest absolute Gasteiger partial charge is 0.488 e. The molecule has 0 aromatic heterocycles. The van der Waals surface area contributed by atoms with Crippen molar-refractivity contribution in [2.75, 3.05) is 4.90 Å². The molecule has 6 nitrogen and oxygen atoms in total. The van der Waals surface area contributed by atoms with Crippen molar-refractivity contribution in [2.24, 2.45) is 0 Å². The fourth-order valence-corrected chi connectivity index (χ4v) is 4.15. The molecule has 172 valence electrons. The Kier molecular flexibility index (Phi) is 7.07. The molecule has 1 fully saturated rings. The number of barbiturate groups is 1. The lowest BCUT2D eigenvalue weighted by atomic mass is 10.1. The Balaban J connectivity index is 1.58. The quantitative estimate of drug-likeness (QED) is 0.293. The second-order valence-corrected chi connectivity index (χ2v) is 9.13. The highest BCUT2D eigenvalue weighted by Gasteiger charge is 2.37. The van der Waals surface area contributed by atoms with E-state index in [2.05, 4.69) is 21.2 Å². The van der Waals surface area contributed by atoms with E-state index in [1.165, 1.54) is 12.1 Å². The molecular formula is C25H17BrCl2N2O4. The Morgan fingerprint density at radius 1 is 1.00 bits per heavy atom. The molecule has 4 amide bonds. The van der Waals surface area contributed by atoms with Crippen molar-refractivity contribution < 1.29 is 19.1 Å². The van der Waals surface area contributed by atoms with Gasteiger partial charge in [-0.3, -0.25) is 14.9 Å². The molecule has 0 saturated carbocycles. The summed E-state index contributed by atoms with van der Waals surface area (Å²) in [4.78, 5) is 38.8. The zero-order valence-electron chi connectivity index (χ0n) is 17.8. The predicted octanol–water partition coefficient (Wildman–Crippen LogP) is 6.31. The second-order valence-electron chi connectivity index (χ2n) is 7.46. The van der Waals surface area contributed by atoms with Crippen LogP contribution in [0.2, 0.25) is 10.0 Å². The summed E-state index contributed by atoms with van der Waals surface area (Å²) >= 11 is 15.8. The number of hydrogen-bond acceptors (Lipinski definition) is 4. The molecule has 0 bridgehead atoms. The Bertz CT molecular complexity index is 1360. The summed E-state index contributed by atoms with van der Waals surface area (Å²) in [5.74, 6) is -0.962. The lowest BCUT2D eigenvalue weighted by molar-refractivity contribution is -0.122. The summed E-state index contributed by atoms with van der Waals surface area (Å²) in [5, 5.41) is 3.21. The number of carbonyl (C=O) groups is 3. The molecule has 0 radical (unpaired) electrons. The minimum Gasteiger partial charge on any atom is -0.488 e. The van der Waals surface area contributed by atoms with Crippen molar-refractivity contribution in [3.63, 3.8) is 0 Å². The number of aryl methyl sites for hydroxylation is 1. The average Bonchev–Trinajstić information content (AvgIpc) is 2.79. The van der Waals surface area contributed by atoms with Crippen molar-refractivity contribution in [2.45, 2.75) is 13.5 Å². The van der Waals surface area contributed by atoms with Crippen LogP contribution in [0.15, 0.2) is 70.7 Å². The smallest absolute Gasteiger partial charge is 0.335 e. The number of urea groups is 1. The van der Waals surface area contributed by atoms with E-state index in [1.807, 2.05) is 18.2 Å². The van der Waals surface area contributed by atoms with Gasteiger partial charge >= 0.3 is 6.03 Å². The van der Waals surface area contributed by atoms with Crippen LogP contribution in [0.5, 0.6) is 5.75 Å². The molecule has 1 saturated heterocycles. The Labute approximate surface area is 214 Å². The van der Waals surface area contributed by atoms with Crippen LogP contribution in [0.1, 0.15) is 16.7 Å². The van der Waals surface area contributed by atoms with Crippen LogP contribution in [-0.4, -0.2) is 17.8 Å². The molecule has 0 unspecified atom stereocenters. The number of anilines is 1. The Morgan fingerprint density at radius 2 is 1.76 bits per heavy atom. The summed E-state index contributed by atoms with van der Waals surface area (Å²) in [6, 6.07) is 16.4. The maximum Gasteiger partial charge on any atom is 0.335 e. The molecule has 1 aliphatic rings. The van der Waals surface area contributed by atoms with Crippen LogP contribution < -0.4 is 15.0 Å². The Hall–Kier alpha value is -3.13. The molecule has 0 spiro atoms. The standard InChI is InChI=1S/C25H17BrCl2N2O4/c1-14-6-8-17(12-21(14)28)30-24(32)18(23(31)29-25(30)33)10-15-7-9-22(19(26)11-15)34-13-16-4-2-3-5-20(16)27/h2-12H,13H2,1H3,(H,29,31,33)/b18-10-. The zero-order chi connectivity index (χ0) is 24.4. The molecule has 34 heavy (non-hydrogen) atoms.